The number of nitrogens with zero attached hydrogens (tertiary/aromatic N) is 3. The Labute approximate surface area is 191 Å². The molecule has 4 rings (SSSR count). The minimum atomic E-state index is -0.389. The van der Waals surface area contributed by atoms with Gasteiger partial charge in [-0.05, 0) is 63.1 Å². The Bertz CT molecular complexity index is 754. The van der Waals surface area contributed by atoms with E-state index in [0.29, 0.717) is 36.5 Å². The number of ether oxygens (including phenoxy) is 1. The Morgan fingerprint density at radius 2 is 1.91 bits per heavy atom. The zero-order chi connectivity index (χ0) is 22.9. The third-order valence-corrected chi connectivity index (χ3v) is 6.76. The number of amides is 2. The Morgan fingerprint density at radius 1 is 1.12 bits per heavy atom. The van der Waals surface area contributed by atoms with Crippen LogP contribution in [0.15, 0.2) is 18.2 Å². The van der Waals surface area contributed by atoms with Crippen LogP contribution in [0.2, 0.25) is 0 Å². The van der Waals surface area contributed by atoms with Crippen LogP contribution in [0.4, 0.5) is 20.6 Å². The first-order valence-corrected chi connectivity index (χ1v) is 12.2. The molecule has 0 spiro atoms. The summed E-state index contributed by atoms with van der Waals surface area (Å²) < 4.78 is 19.4. The lowest BCUT2D eigenvalue weighted by atomic mass is 9.94. The van der Waals surface area contributed by atoms with Crippen molar-refractivity contribution in [2.75, 3.05) is 42.6 Å². The molecule has 1 atom stereocenters. The normalized spacial score (nSPS) is 22.0. The zero-order valence-electron chi connectivity index (χ0n) is 19.6. The van der Waals surface area contributed by atoms with Crippen LogP contribution >= 0.6 is 0 Å². The second-order valence-corrected chi connectivity index (χ2v) is 9.18. The lowest BCUT2D eigenvalue weighted by molar-refractivity contribution is -0.120. The van der Waals surface area contributed by atoms with Crippen LogP contribution in [0.1, 0.15) is 65.2 Å². The summed E-state index contributed by atoms with van der Waals surface area (Å²) in [6, 6.07) is 5.59. The van der Waals surface area contributed by atoms with Gasteiger partial charge in [-0.2, -0.15) is 0 Å². The number of carbonyl (C=O) groups excluding carboxylic acids is 2. The molecule has 178 valence electrons. The highest BCUT2D eigenvalue weighted by Gasteiger charge is 2.24. The molecule has 0 bridgehead atoms. The topological polar surface area (TPSA) is 53.1 Å². The first-order valence-electron chi connectivity index (χ1n) is 12.2. The van der Waals surface area contributed by atoms with Crippen LogP contribution in [0.5, 0.6) is 0 Å². The van der Waals surface area contributed by atoms with Crippen LogP contribution in [0.25, 0.3) is 0 Å². The predicted octanol–water partition coefficient (Wildman–Crippen LogP) is 5.21. The fraction of sp³-hybridized carbons (Fsp3) is 0.680. The van der Waals surface area contributed by atoms with Crippen LogP contribution in [0.3, 0.4) is 0 Å². The number of hydrogen-bond acceptors (Lipinski definition) is 4. The molecule has 7 heteroatoms. The SMILES string of the molecule is CC1CCCN(c2ccc(N3CCCOC3=O)cc2F)C1.CCN(C=O)C1CCCCC1. The molecule has 2 aliphatic heterocycles. The molecule has 1 saturated carbocycles. The fourth-order valence-corrected chi connectivity index (χ4v) is 4.95. The van der Waals surface area contributed by atoms with E-state index in [1.54, 1.807) is 6.07 Å². The van der Waals surface area contributed by atoms with E-state index in [1.165, 1.54) is 49.5 Å². The maximum Gasteiger partial charge on any atom is 0.414 e. The van der Waals surface area contributed by atoms with Gasteiger partial charge in [-0.1, -0.05) is 26.2 Å². The third kappa shape index (κ3) is 6.36. The van der Waals surface area contributed by atoms with Gasteiger partial charge in [-0.3, -0.25) is 9.69 Å². The third-order valence-electron chi connectivity index (χ3n) is 6.76. The van der Waals surface area contributed by atoms with E-state index in [-0.39, 0.29) is 11.9 Å². The van der Waals surface area contributed by atoms with Gasteiger partial charge < -0.3 is 14.5 Å². The zero-order valence-corrected chi connectivity index (χ0v) is 19.6. The molecular weight excluding hydrogens is 409 g/mol. The van der Waals surface area contributed by atoms with Crippen molar-refractivity contribution in [2.45, 2.75) is 71.3 Å². The van der Waals surface area contributed by atoms with Crippen molar-refractivity contribution in [2.24, 2.45) is 5.92 Å². The first-order chi connectivity index (χ1) is 15.5. The summed E-state index contributed by atoms with van der Waals surface area (Å²) in [6.07, 6.45) is 10.1. The van der Waals surface area contributed by atoms with Crippen molar-refractivity contribution in [3.8, 4) is 0 Å². The van der Waals surface area contributed by atoms with Gasteiger partial charge in [-0.25, -0.2) is 9.18 Å². The molecule has 1 aromatic carbocycles. The summed E-state index contributed by atoms with van der Waals surface area (Å²) in [5.41, 5.74) is 1.21. The number of anilines is 2. The minimum Gasteiger partial charge on any atom is -0.449 e. The maximum atomic E-state index is 14.4. The van der Waals surface area contributed by atoms with Crippen molar-refractivity contribution in [1.82, 2.24) is 4.90 Å². The average Bonchev–Trinajstić information content (AvgIpc) is 2.81. The smallest absolute Gasteiger partial charge is 0.414 e. The molecule has 3 aliphatic rings. The van der Waals surface area contributed by atoms with E-state index in [1.807, 2.05) is 17.9 Å². The highest BCUT2D eigenvalue weighted by atomic mass is 19.1. The molecule has 3 fully saturated rings. The summed E-state index contributed by atoms with van der Waals surface area (Å²) in [6.45, 7) is 7.92. The maximum absolute atomic E-state index is 14.4. The molecule has 2 saturated heterocycles. The molecule has 2 amide bonds. The van der Waals surface area contributed by atoms with Gasteiger partial charge in [0.2, 0.25) is 6.41 Å². The molecule has 6 nitrogen and oxygen atoms in total. The summed E-state index contributed by atoms with van der Waals surface area (Å²) in [5, 5.41) is 0. The second-order valence-electron chi connectivity index (χ2n) is 9.18. The van der Waals surface area contributed by atoms with Crippen LogP contribution in [-0.2, 0) is 9.53 Å². The second kappa shape index (κ2) is 12.1. The largest absolute Gasteiger partial charge is 0.449 e. The molecule has 1 aliphatic carbocycles. The number of rotatable bonds is 5. The van der Waals surface area contributed by atoms with Crippen LogP contribution in [-0.4, -0.2) is 56.2 Å². The number of benzene rings is 1. The van der Waals surface area contributed by atoms with E-state index in [4.69, 9.17) is 4.74 Å². The number of cyclic esters (lactones) is 1. The van der Waals surface area contributed by atoms with Gasteiger partial charge in [0.25, 0.3) is 0 Å². The quantitative estimate of drug-likeness (QED) is 0.582. The molecule has 1 unspecified atom stereocenters. The van der Waals surface area contributed by atoms with Crippen LogP contribution < -0.4 is 9.80 Å². The Kier molecular flexibility index (Phi) is 9.18. The van der Waals surface area contributed by atoms with Gasteiger partial charge in [0, 0.05) is 32.2 Å². The molecule has 0 aromatic heterocycles. The molecule has 1 aromatic rings. The number of halogens is 1. The van der Waals surface area contributed by atoms with E-state index in [0.717, 1.165) is 38.9 Å². The first kappa shape index (κ1) is 24.3. The van der Waals surface area contributed by atoms with Crippen molar-refractivity contribution >= 4 is 23.9 Å². The van der Waals surface area contributed by atoms with Crippen molar-refractivity contribution < 1.29 is 18.7 Å². The number of piperidine rings is 1. The van der Waals surface area contributed by atoms with E-state index < -0.39 is 0 Å². The standard InChI is InChI=1S/C16H21FN2O2.C9H17NO/c1-12-4-2-7-18(11-12)15-6-5-13(10-14(15)17)19-8-3-9-21-16(19)20;1-2-10(8-11)9-6-4-3-5-7-9/h5-6,10,12H,2-4,7-9,11H2,1H3;8-9H,2-7H2,1H3. The summed E-state index contributed by atoms with van der Waals surface area (Å²) in [5.74, 6) is 0.329. The summed E-state index contributed by atoms with van der Waals surface area (Å²) in [7, 11) is 0. The molecule has 0 radical (unpaired) electrons. The monoisotopic (exact) mass is 447 g/mol. The van der Waals surface area contributed by atoms with Gasteiger partial charge >= 0.3 is 6.09 Å². The Morgan fingerprint density at radius 3 is 2.53 bits per heavy atom. The van der Waals surface area contributed by atoms with Crippen molar-refractivity contribution in [3.05, 3.63) is 24.0 Å². The molecular formula is C25H38FN3O3. The summed E-state index contributed by atoms with van der Waals surface area (Å²) in [4.78, 5) is 27.8. The number of hydrogen-bond donors (Lipinski definition) is 0. The van der Waals surface area contributed by atoms with Gasteiger partial charge in [0.05, 0.1) is 18.0 Å². The van der Waals surface area contributed by atoms with E-state index >= 15 is 0 Å². The number of carbonyl (C=O) groups is 2. The predicted molar refractivity (Wildman–Crippen MR) is 126 cm³/mol. The van der Waals surface area contributed by atoms with Gasteiger partial charge in [0.1, 0.15) is 5.82 Å². The Balaban J connectivity index is 0.000000222. The molecule has 2 heterocycles. The van der Waals surface area contributed by atoms with Crippen molar-refractivity contribution in [3.63, 3.8) is 0 Å². The van der Waals surface area contributed by atoms with Crippen molar-refractivity contribution in [1.29, 1.82) is 0 Å². The van der Waals surface area contributed by atoms with E-state index in [9.17, 15) is 14.0 Å². The van der Waals surface area contributed by atoms with Gasteiger partial charge in [0.15, 0.2) is 0 Å². The highest BCUT2D eigenvalue weighted by molar-refractivity contribution is 5.88. The lowest BCUT2D eigenvalue weighted by Gasteiger charge is -2.33. The average molecular weight is 448 g/mol. The highest BCUT2D eigenvalue weighted by Crippen LogP contribution is 2.29. The molecule has 0 N–H and O–H groups in total. The minimum absolute atomic E-state index is 0.264. The fourth-order valence-electron chi connectivity index (χ4n) is 4.95. The van der Waals surface area contributed by atoms with Crippen LogP contribution in [0, 0.1) is 11.7 Å². The van der Waals surface area contributed by atoms with E-state index in [2.05, 4.69) is 11.8 Å². The Hall–Kier alpha value is -2.31. The van der Waals surface area contributed by atoms with Gasteiger partial charge in [-0.15, -0.1) is 0 Å². The summed E-state index contributed by atoms with van der Waals surface area (Å²) >= 11 is 0. The lowest BCUT2D eigenvalue weighted by Crippen LogP contribution is -2.38. The molecule has 32 heavy (non-hydrogen) atoms.